The van der Waals surface area contributed by atoms with Crippen LogP contribution in [0.15, 0.2) is 72.8 Å². The Labute approximate surface area is 244 Å². The summed E-state index contributed by atoms with van der Waals surface area (Å²) in [6.07, 6.45) is 2.00. The van der Waals surface area contributed by atoms with Gasteiger partial charge in [-0.05, 0) is 36.2 Å². The first-order valence-electron chi connectivity index (χ1n) is 13.7. The van der Waals surface area contributed by atoms with E-state index in [9.17, 15) is 19.7 Å². The summed E-state index contributed by atoms with van der Waals surface area (Å²) in [6.45, 7) is 11.8. The summed E-state index contributed by atoms with van der Waals surface area (Å²) >= 11 is 0. The van der Waals surface area contributed by atoms with Crippen molar-refractivity contribution in [3.63, 3.8) is 0 Å². The van der Waals surface area contributed by atoms with E-state index in [0.29, 0.717) is 0 Å². The predicted octanol–water partition coefficient (Wildman–Crippen LogP) is 4.95. The van der Waals surface area contributed by atoms with Gasteiger partial charge in [-0.15, -0.1) is 0 Å². The minimum absolute atomic E-state index is 0.0111. The highest BCUT2D eigenvalue weighted by Gasteiger charge is 2.51. The van der Waals surface area contributed by atoms with E-state index in [-0.39, 0.29) is 32.4 Å². The van der Waals surface area contributed by atoms with Crippen LogP contribution in [0.1, 0.15) is 48.0 Å². The van der Waals surface area contributed by atoms with Crippen LogP contribution in [0, 0.1) is 0 Å². The van der Waals surface area contributed by atoms with Crippen molar-refractivity contribution in [2.75, 3.05) is 26.0 Å². The molecule has 0 heterocycles. The van der Waals surface area contributed by atoms with Gasteiger partial charge in [-0.2, -0.15) is 4.79 Å². The van der Waals surface area contributed by atoms with Gasteiger partial charge in [0.2, 0.25) is 0 Å². The number of ketones is 1. The molecule has 0 amide bonds. The maximum atomic E-state index is 13.3. The van der Waals surface area contributed by atoms with Gasteiger partial charge in [0.05, 0.1) is 32.1 Å². The summed E-state index contributed by atoms with van der Waals surface area (Å²) in [7, 11) is -6.56. The molecule has 222 valence electrons. The summed E-state index contributed by atoms with van der Waals surface area (Å²) in [5, 5.41) is 1.56. The lowest BCUT2D eigenvalue weighted by Crippen LogP contribution is -2.67. The van der Waals surface area contributed by atoms with Crippen LogP contribution >= 0.6 is 7.60 Å². The molecule has 0 radical (unpaired) electrons. The molecule has 0 aromatic heterocycles. The highest BCUT2D eigenvalue weighted by Crippen LogP contribution is 2.48. The van der Waals surface area contributed by atoms with Gasteiger partial charge in [0.15, 0.2) is 0 Å². The van der Waals surface area contributed by atoms with Gasteiger partial charge in [0, 0.05) is 6.42 Å². The molecule has 0 N–H and O–H groups in total. The van der Waals surface area contributed by atoms with Gasteiger partial charge in [-0.1, -0.05) is 93.6 Å². The van der Waals surface area contributed by atoms with Crippen LogP contribution in [0.25, 0.3) is 5.53 Å². The van der Waals surface area contributed by atoms with E-state index in [0.717, 1.165) is 10.4 Å². The maximum Gasteiger partial charge on any atom is 0.441 e. The first kappa shape index (κ1) is 34.2. The Kier molecular flexibility index (Phi) is 13.3. The SMILES string of the molecule is CCOC(=O)C(=[N+]=[N-])C(=O)C[C@H](/C=C/CP(=O)(OCC)OCC)O[Si](c1ccccc1)(c1ccccc1)C(C)(C)C. The van der Waals surface area contributed by atoms with E-state index in [1.807, 2.05) is 60.7 Å². The standard InChI is InChI=1S/C30H41N2O7PSi/c1-7-36-29(34)28(32-31)27(33)23-24(17-16-22-40(35,37-8-2)38-9-3)39-41(30(4,5)6,25-18-12-10-13-19-25)26-20-14-11-15-21-26/h10-21,24H,7-9,22-23H2,1-6H3/b17-16+/t24-/m0/s1. The van der Waals surface area contributed by atoms with Crippen LogP contribution in [-0.2, 0) is 32.4 Å². The van der Waals surface area contributed by atoms with Crippen LogP contribution in [0.4, 0.5) is 0 Å². The van der Waals surface area contributed by atoms with E-state index in [4.69, 9.17) is 18.2 Å². The minimum atomic E-state index is -3.41. The normalized spacial score (nSPS) is 13.0. The molecule has 1 atom stereocenters. The number of rotatable bonds is 16. The number of nitrogens with zero attached hydrogens (tertiary/aromatic N) is 2. The number of carbonyl (C=O) groups is 2. The fourth-order valence-electron chi connectivity index (χ4n) is 4.63. The van der Waals surface area contributed by atoms with Crippen molar-refractivity contribution < 1.29 is 37.2 Å². The largest absolute Gasteiger partial charge is 0.457 e. The van der Waals surface area contributed by atoms with Gasteiger partial charge < -0.3 is 23.7 Å². The van der Waals surface area contributed by atoms with Crippen molar-refractivity contribution in [3.8, 4) is 0 Å². The van der Waals surface area contributed by atoms with E-state index >= 15 is 0 Å². The summed E-state index contributed by atoms with van der Waals surface area (Å²) < 4.78 is 35.9. The number of hydrogen-bond donors (Lipinski definition) is 0. The fourth-order valence-corrected chi connectivity index (χ4v) is 10.7. The smallest absolute Gasteiger partial charge is 0.441 e. The molecule has 0 spiro atoms. The molecule has 9 nitrogen and oxygen atoms in total. The predicted molar refractivity (Wildman–Crippen MR) is 162 cm³/mol. The summed E-state index contributed by atoms with van der Waals surface area (Å²) in [6, 6.07) is 19.7. The molecule has 2 aromatic carbocycles. The minimum Gasteiger partial charge on any atom is -0.457 e. The molecule has 2 rings (SSSR count). The van der Waals surface area contributed by atoms with Gasteiger partial charge in [0.1, 0.15) is 0 Å². The van der Waals surface area contributed by atoms with Gasteiger partial charge in [-0.3, -0.25) is 9.36 Å². The first-order chi connectivity index (χ1) is 19.5. The Bertz CT molecular complexity index is 1220. The van der Waals surface area contributed by atoms with Crippen molar-refractivity contribution in [1.82, 2.24) is 0 Å². The van der Waals surface area contributed by atoms with E-state index in [1.54, 1.807) is 32.9 Å². The summed E-state index contributed by atoms with van der Waals surface area (Å²) in [5.74, 6) is -1.78. The van der Waals surface area contributed by atoms with E-state index in [1.165, 1.54) is 0 Å². The van der Waals surface area contributed by atoms with E-state index < -0.39 is 44.5 Å². The molecule has 0 aliphatic carbocycles. The number of ether oxygens (including phenoxy) is 1. The number of benzene rings is 2. The summed E-state index contributed by atoms with van der Waals surface area (Å²) in [5.41, 5.74) is 8.75. The topological polar surface area (TPSA) is 125 Å². The maximum absolute atomic E-state index is 13.3. The lowest BCUT2D eigenvalue weighted by atomic mass is 10.1. The molecule has 11 heteroatoms. The van der Waals surface area contributed by atoms with Crippen LogP contribution < -0.4 is 10.4 Å². The van der Waals surface area contributed by atoms with Crippen molar-refractivity contribution in [2.24, 2.45) is 0 Å². The zero-order valence-electron chi connectivity index (χ0n) is 24.7. The Balaban J connectivity index is 2.66. The zero-order valence-corrected chi connectivity index (χ0v) is 26.6. The third-order valence-corrected chi connectivity index (χ3v) is 13.3. The third kappa shape index (κ3) is 9.00. The van der Waals surface area contributed by atoms with Crippen molar-refractivity contribution in [1.29, 1.82) is 0 Å². The molecule has 0 saturated carbocycles. The number of esters is 1. The zero-order chi connectivity index (χ0) is 30.5. The highest BCUT2D eigenvalue weighted by atomic mass is 31.2. The number of Topliss-reactive ketones (excluding diaryl/α,β-unsaturated/α-hetero) is 1. The van der Waals surface area contributed by atoms with Crippen LogP contribution in [0.2, 0.25) is 5.04 Å². The third-order valence-electron chi connectivity index (χ3n) is 6.30. The van der Waals surface area contributed by atoms with Gasteiger partial charge >= 0.3 is 19.3 Å². The van der Waals surface area contributed by atoms with Crippen LogP contribution in [-0.4, -0.2) is 62.7 Å². The molecule has 0 fully saturated rings. The lowest BCUT2D eigenvalue weighted by Gasteiger charge is -2.44. The first-order valence-corrected chi connectivity index (χ1v) is 17.4. The Morgan fingerprint density at radius 2 is 1.44 bits per heavy atom. The molecule has 2 aromatic rings. The fraction of sp³-hybridized carbons (Fsp3) is 0.433. The highest BCUT2D eigenvalue weighted by molar-refractivity contribution is 7.54. The molecule has 41 heavy (non-hydrogen) atoms. The average molecular weight is 601 g/mol. The Morgan fingerprint density at radius 1 is 0.927 bits per heavy atom. The second kappa shape index (κ2) is 15.9. The molecule has 0 unspecified atom stereocenters. The molecular formula is C30H41N2O7PSi. The van der Waals surface area contributed by atoms with Crippen molar-refractivity contribution >= 4 is 43.8 Å². The number of allylic oxidation sites excluding steroid dienone is 1. The lowest BCUT2D eigenvalue weighted by molar-refractivity contribution is -0.141. The monoisotopic (exact) mass is 600 g/mol. The molecule has 0 bridgehead atoms. The van der Waals surface area contributed by atoms with Crippen molar-refractivity contribution in [3.05, 3.63) is 78.3 Å². The number of hydrogen-bond acceptors (Lipinski definition) is 7. The molecule has 0 saturated heterocycles. The van der Waals surface area contributed by atoms with Gasteiger partial charge in [-0.25, -0.2) is 4.79 Å². The number of carbonyl (C=O) groups excluding carboxylic acids is 2. The van der Waals surface area contributed by atoms with Gasteiger partial charge in [0.25, 0.3) is 14.1 Å². The molecular weight excluding hydrogens is 559 g/mol. The second-order valence-electron chi connectivity index (χ2n) is 10.2. The van der Waals surface area contributed by atoms with E-state index in [2.05, 4.69) is 25.6 Å². The summed E-state index contributed by atoms with van der Waals surface area (Å²) in [4.78, 5) is 28.5. The quantitative estimate of drug-likeness (QED) is 0.0390. The average Bonchev–Trinajstić information content (AvgIpc) is 2.92. The van der Waals surface area contributed by atoms with Crippen LogP contribution in [0.5, 0.6) is 0 Å². The van der Waals surface area contributed by atoms with Crippen LogP contribution in [0.3, 0.4) is 0 Å². The van der Waals surface area contributed by atoms with Crippen molar-refractivity contribution in [2.45, 2.75) is 59.1 Å². The Hall–Kier alpha value is -2.97. The molecule has 0 aliphatic rings. The second-order valence-corrected chi connectivity index (χ2v) is 16.5. The molecule has 0 aliphatic heterocycles. The Morgan fingerprint density at radius 3 is 1.85 bits per heavy atom.